The van der Waals surface area contributed by atoms with Gasteiger partial charge in [0.15, 0.2) is 0 Å². The minimum Gasteiger partial charge on any atom is -0.461 e. The number of esters is 1. The normalized spacial score (nSPS) is 10.1. The van der Waals surface area contributed by atoms with Crippen LogP contribution in [0.5, 0.6) is 10.9 Å². The second kappa shape index (κ2) is 6.10. The van der Waals surface area contributed by atoms with Crippen molar-refractivity contribution in [1.29, 1.82) is 0 Å². The SMILES string of the molecule is CCOC(=O)c1nnc(Oc2cccc(I)c2)s1. The van der Waals surface area contributed by atoms with E-state index in [0.29, 0.717) is 17.6 Å². The summed E-state index contributed by atoms with van der Waals surface area (Å²) in [6.45, 7) is 2.05. The van der Waals surface area contributed by atoms with Gasteiger partial charge >= 0.3 is 5.97 Å². The molecule has 0 radical (unpaired) electrons. The molecule has 7 heteroatoms. The Bertz CT molecular complexity index is 559. The van der Waals surface area contributed by atoms with E-state index in [-0.39, 0.29) is 5.01 Å². The Labute approximate surface area is 121 Å². The summed E-state index contributed by atoms with van der Waals surface area (Å²) in [6.07, 6.45) is 0. The average molecular weight is 376 g/mol. The molecule has 1 heterocycles. The van der Waals surface area contributed by atoms with Crippen LogP contribution in [-0.4, -0.2) is 22.8 Å². The van der Waals surface area contributed by atoms with Crippen LogP contribution >= 0.6 is 33.9 Å². The molecule has 1 aromatic carbocycles. The lowest BCUT2D eigenvalue weighted by molar-refractivity contribution is 0.0525. The lowest BCUT2D eigenvalue weighted by atomic mass is 10.3. The number of hydrogen-bond acceptors (Lipinski definition) is 6. The van der Waals surface area contributed by atoms with E-state index in [1.165, 1.54) is 0 Å². The highest BCUT2D eigenvalue weighted by Gasteiger charge is 2.14. The number of benzene rings is 1. The number of halogens is 1. The van der Waals surface area contributed by atoms with E-state index in [4.69, 9.17) is 9.47 Å². The Hall–Kier alpha value is -1.22. The number of nitrogens with zero attached hydrogens (tertiary/aromatic N) is 2. The molecule has 0 N–H and O–H groups in total. The Morgan fingerprint density at radius 3 is 3.00 bits per heavy atom. The van der Waals surface area contributed by atoms with Gasteiger partial charge in [0.1, 0.15) is 5.75 Å². The summed E-state index contributed by atoms with van der Waals surface area (Å²) in [6, 6.07) is 7.52. The van der Waals surface area contributed by atoms with Crippen LogP contribution in [0.15, 0.2) is 24.3 Å². The third-order valence-corrected chi connectivity index (χ3v) is 3.31. The molecule has 1 aromatic heterocycles. The smallest absolute Gasteiger partial charge is 0.369 e. The van der Waals surface area contributed by atoms with Crippen molar-refractivity contribution in [3.8, 4) is 10.9 Å². The van der Waals surface area contributed by atoms with E-state index < -0.39 is 5.97 Å². The molecule has 0 atom stereocenters. The maximum atomic E-state index is 11.4. The molecule has 0 saturated heterocycles. The Balaban J connectivity index is 2.09. The number of carbonyl (C=O) groups excluding carboxylic acids is 1. The van der Waals surface area contributed by atoms with Gasteiger partial charge in [-0.25, -0.2) is 4.79 Å². The molecule has 0 fully saturated rings. The van der Waals surface area contributed by atoms with E-state index in [9.17, 15) is 4.79 Å². The first-order valence-electron chi connectivity index (χ1n) is 5.13. The Kier molecular flexibility index (Phi) is 4.48. The summed E-state index contributed by atoms with van der Waals surface area (Å²) >= 11 is 3.25. The summed E-state index contributed by atoms with van der Waals surface area (Å²) in [4.78, 5) is 11.4. The van der Waals surface area contributed by atoms with E-state index in [1.54, 1.807) is 6.92 Å². The van der Waals surface area contributed by atoms with E-state index >= 15 is 0 Å². The van der Waals surface area contributed by atoms with E-state index in [1.807, 2.05) is 24.3 Å². The zero-order valence-electron chi connectivity index (χ0n) is 9.42. The van der Waals surface area contributed by atoms with Gasteiger partial charge in [0, 0.05) is 3.57 Å². The molecule has 0 bridgehead atoms. The van der Waals surface area contributed by atoms with Crippen LogP contribution in [0.2, 0.25) is 0 Å². The molecule has 2 rings (SSSR count). The van der Waals surface area contributed by atoms with Gasteiger partial charge in [-0.15, -0.1) is 5.10 Å². The van der Waals surface area contributed by atoms with E-state index in [2.05, 4.69) is 32.8 Å². The maximum absolute atomic E-state index is 11.4. The lowest BCUT2D eigenvalue weighted by Crippen LogP contribution is -2.03. The maximum Gasteiger partial charge on any atom is 0.369 e. The molecule has 0 aliphatic heterocycles. The largest absolute Gasteiger partial charge is 0.461 e. The fraction of sp³-hybridized carbons (Fsp3) is 0.182. The lowest BCUT2D eigenvalue weighted by Gasteiger charge is -2.00. The molecule has 18 heavy (non-hydrogen) atoms. The molecular weight excluding hydrogens is 367 g/mol. The number of carbonyl (C=O) groups is 1. The minimum absolute atomic E-state index is 0.192. The van der Waals surface area contributed by atoms with Gasteiger partial charge in [0.05, 0.1) is 6.61 Å². The van der Waals surface area contributed by atoms with Crippen molar-refractivity contribution in [2.24, 2.45) is 0 Å². The highest BCUT2D eigenvalue weighted by molar-refractivity contribution is 14.1. The van der Waals surface area contributed by atoms with Gasteiger partial charge in [0.2, 0.25) is 5.01 Å². The molecule has 0 aliphatic carbocycles. The highest BCUT2D eigenvalue weighted by atomic mass is 127. The molecule has 0 aliphatic rings. The van der Waals surface area contributed by atoms with Crippen LogP contribution in [0.1, 0.15) is 16.7 Å². The van der Waals surface area contributed by atoms with Gasteiger partial charge in [-0.05, 0) is 59.1 Å². The van der Waals surface area contributed by atoms with Crippen LogP contribution in [0.25, 0.3) is 0 Å². The predicted molar refractivity (Wildman–Crippen MR) is 75.1 cm³/mol. The third-order valence-electron chi connectivity index (χ3n) is 1.86. The number of aromatic nitrogens is 2. The molecule has 0 amide bonds. The van der Waals surface area contributed by atoms with Crippen LogP contribution in [0, 0.1) is 3.57 Å². The average Bonchev–Trinajstić information content (AvgIpc) is 2.78. The summed E-state index contributed by atoms with van der Waals surface area (Å²) < 4.78 is 11.4. The monoisotopic (exact) mass is 376 g/mol. The van der Waals surface area contributed by atoms with Crippen molar-refractivity contribution in [3.63, 3.8) is 0 Å². The van der Waals surface area contributed by atoms with Gasteiger partial charge in [-0.1, -0.05) is 11.2 Å². The second-order valence-electron chi connectivity index (χ2n) is 3.15. The van der Waals surface area contributed by atoms with Gasteiger partial charge in [0.25, 0.3) is 5.19 Å². The fourth-order valence-corrected chi connectivity index (χ4v) is 2.28. The van der Waals surface area contributed by atoms with Crippen molar-refractivity contribution in [1.82, 2.24) is 10.2 Å². The summed E-state index contributed by atoms with van der Waals surface area (Å²) in [5, 5.41) is 8.02. The van der Waals surface area contributed by atoms with Crippen molar-refractivity contribution in [2.45, 2.75) is 6.92 Å². The molecule has 0 saturated carbocycles. The molecule has 0 spiro atoms. The third kappa shape index (κ3) is 3.39. The topological polar surface area (TPSA) is 61.3 Å². The summed E-state index contributed by atoms with van der Waals surface area (Å²) in [5.74, 6) is 0.181. The number of rotatable bonds is 4. The van der Waals surface area contributed by atoms with Crippen molar-refractivity contribution < 1.29 is 14.3 Å². The van der Waals surface area contributed by atoms with Gasteiger partial charge in [-0.3, -0.25) is 0 Å². The number of ether oxygens (including phenoxy) is 2. The zero-order valence-corrected chi connectivity index (χ0v) is 12.4. The second-order valence-corrected chi connectivity index (χ2v) is 5.34. The van der Waals surface area contributed by atoms with Crippen LogP contribution in [0.3, 0.4) is 0 Å². The summed E-state index contributed by atoms with van der Waals surface area (Å²) in [5.41, 5.74) is 0. The first-order chi connectivity index (χ1) is 8.69. The highest BCUT2D eigenvalue weighted by Crippen LogP contribution is 2.26. The molecule has 94 valence electrons. The van der Waals surface area contributed by atoms with Crippen molar-refractivity contribution in [2.75, 3.05) is 6.61 Å². The first kappa shape index (κ1) is 13.2. The molecular formula is C11H9IN2O3S. The summed E-state index contributed by atoms with van der Waals surface area (Å²) in [7, 11) is 0. The number of hydrogen-bond donors (Lipinski definition) is 0. The Morgan fingerprint density at radius 1 is 1.44 bits per heavy atom. The van der Waals surface area contributed by atoms with Crippen LogP contribution < -0.4 is 4.74 Å². The van der Waals surface area contributed by atoms with Gasteiger partial charge < -0.3 is 9.47 Å². The van der Waals surface area contributed by atoms with Crippen molar-refractivity contribution in [3.05, 3.63) is 32.8 Å². The minimum atomic E-state index is -0.479. The van der Waals surface area contributed by atoms with Gasteiger partial charge in [-0.2, -0.15) is 0 Å². The quantitative estimate of drug-likeness (QED) is 0.606. The fourth-order valence-electron chi connectivity index (χ4n) is 1.16. The Morgan fingerprint density at radius 2 is 2.28 bits per heavy atom. The standard InChI is InChI=1S/C11H9IN2O3S/c1-2-16-10(15)9-13-14-11(18-9)17-8-5-3-4-7(12)6-8/h3-6H,2H2,1H3. The van der Waals surface area contributed by atoms with E-state index in [0.717, 1.165) is 14.9 Å². The first-order valence-corrected chi connectivity index (χ1v) is 7.02. The molecule has 2 aromatic rings. The van der Waals surface area contributed by atoms with Crippen LogP contribution in [0.4, 0.5) is 0 Å². The molecule has 5 nitrogen and oxygen atoms in total. The van der Waals surface area contributed by atoms with Crippen molar-refractivity contribution >= 4 is 39.9 Å². The molecule has 0 unspecified atom stereocenters. The predicted octanol–water partition coefficient (Wildman–Crippen LogP) is 3.11. The zero-order chi connectivity index (χ0) is 13.0. The van der Waals surface area contributed by atoms with Crippen LogP contribution in [-0.2, 0) is 4.74 Å².